The molecule has 0 bridgehead atoms. The van der Waals surface area contributed by atoms with Crippen molar-refractivity contribution >= 4 is 36.5 Å². The highest BCUT2D eigenvalue weighted by molar-refractivity contribution is 5.91. The molecule has 0 heterocycles. The van der Waals surface area contributed by atoms with Crippen molar-refractivity contribution in [3.05, 3.63) is 71.8 Å². The minimum atomic E-state index is -0.250. The maximum atomic E-state index is 12.0. The molecule has 1 amide bonds. The predicted octanol–water partition coefficient (Wildman–Crippen LogP) is 5.76. The lowest BCUT2D eigenvalue weighted by Crippen LogP contribution is -2.11. The van der Waals surface area contributed by atoms with Gasteiger partial charge >= 0.3 is 0 Å². The Labute approximate surface area is 190 Å². The first kappa shape index (κ1) is 28.3. The Morgan fingerprint density at radius 3 is 2.44 bits per heavy atom. The summed E-state index contributed by atoms with van der Waals surface area (Å²) >= 11 is 0. The number of unbranched alkanes of at least 4 members (excludes halogenated alkanes) is 1. The zero-order valence-corrected chi connectivity index (χ0v) is 19.0. The van der Waals surface area contributed by atoms with Crippen LogP contribution in [0.15, 0.2) is 55.1 Å². The molecule has 0 aliphatic carbocycles. The summed E-state index contributed by atoms with van der Waals surface area (Å²) in [4.78, 5) is 30.8. The zero-order chi connectivity index (χ0) is 24.2. The van der Waals surface area contributed by atoms with Crippen LogP contribution in [0.1, 0.15) is 49.8 Å². The van der Waals surface area contributed by atoms with E-state index in [0.717, 1.165) is 41.5 Å². The van der Waals surface area contributed by atoms with Crippen LogP contribution in [0.3, 0.4) is 0 Å². The van der Waals surface area contributed by atoms with Gasteiger partial charge in [-0.05, 0) is 54.7 Å². The van der Waals surface area contributed by atoms with E-state index < -0.39 is 0 Å². The number of anilines is 1. The minimum absolute atomic E-state index is 0.0220. The van der Waals surface area contributed by atoms with E-state index in [-0.39, 0.29) is 19.0 Å². The van der Waals surface area contributed by atoms with Gasteiger partial charge in [0.1, 0.15) is 12.4 Å². The van der Waals surface area contributed by atoms with E-state index in [1.165, 1.54) is 0 Å². The van der Waals surface area contributed by atoms with Crippen LogP contribution in [-0.2, 0) is 14.4 Å². The third kappa shape index (κ3) is 11.5. The Bertz CT molecular complexity index is 874. The van der Waals surface area contributed by atoms with Gasteiger partial charge < -0.3 is 15.2 Å². The van der Waals surface area contributed by atoms with Crippen LogP contribution in [0.4, 0.5) is 5.69 Å². The average molecular weight is 440 g/mol. The van der Waals surface area contributed by atoms with Crippen molar-refractivity contribution in [2.24, 2.45) is 0 Å². The summed E-state index contributed by atoms with van der Waals surface area (Å²) in [7, 11) is 0. The lowest BCUT2D eigenvalue weighted by molar-refractivity contribution is -0.123. The van der Waals surface area contributed by atoms with Gasteiger partial charge in [-0.25, -0.2) is 0 Å². The minimum Gasteiger partial charge on any atom is -0.486 e. The number of ether oxygens (including phenoxy) is 1. The molecular formula is C26H33NO5. The highest BCUT2D eigenvalue weighted by Crippen LogP contribution is 2.21. The number of hydrogen-bond donors (Lipinski definition) is 2. The van der Waals surface area contributed by atoms with E-state index in [1.54, 1.807) is 6.08 Å². The fraction of sp³-hybridized carbons (Fsp3) is 0.269. The average Bonchev–Trinajstić information content (AvgIpc) is 2.81. The van der Waals surface area contributed by atoms with E-state index in [9.17, 15) is 9.59 Å². The maximum Gasteiger partial charge on any atom is 0.290 e. The number of aryl methyl sites for hydroxylation is 1. The Kier molecular flexibility index (Phi) is 16.0. The van der Waals surface area contributed by atoms with Gasteiger partial charge in [0.05, 0.1) is 0 Å². The van der Waals surface area contributed by atoms with Crippen LogP contribution in [-0.4, -0.2) is 30.4 Å². The van der Waals surface area contributed by atoms with Gasteiger partial charge in [0.25, 0.3) is 6.47 Å². The smallest absolute Gasteiger partial charge is 0.290 e. The standard InChI is InChI=1S/C23H25NO3.C2H6.CH2O2/c1-3-19-13-14-21(27-16-15-25)17-20(19)10-5-4-6-12-23(26)24-22-11-8-7-9-18(22)2;1-2;2-1-3/h3,5,7-11,13-15,17H,1,4,6,12,16H2,2H3,(H,24,26);1-2H3;1H,(H,2,3)/b10-5-;;. The fourth-order valence-electron chi connectivity index (χ4n) is 2.62. The van der Waals surface area contributed by atoms with Gasteiger partial charge in [0.15, 0.2) is 6.29 Å². The van der Waals surface area contributed by atoms with Gasteiger partial charge in [0.2, 0.25) is 5.91 Å². The molecule has 0 atom stereocenters. The molecule has 0 radical (unpaired) electrons. The summed E-state index contributed by atoms with van der Waals surface area (Å²) in [5, 5.41) is 9.83. The molecule has 0 saturated heterocycles. The number of carbonyl (C=O) groups is 3. The van der Waals surface area contributed by atoms with Gasteiger partial charge in [-0.15, -0.1) is 0 Å². The molecule has 2 rings (SSSR count). The van der Waals surface area contributed by atoms with E-state index in [0.29, 0.717) is 12.2 Å². The Balaban J connectivity index is 0.00000177. The number of carboxylic acid groups (broad SMARTS) is 1. The third-order valence-corrected chi connectivity index (χ3v) is 4.09. The fourth-order valence-corrected chi connectivity index (χ4v) is 2.62. The molecule has 0 aliphatic heterocycles. The number of allylic oxidation sites excluding steroid dienone is 1. The Morgan fingerprint density at radius 2 is 1.81 bits per heavy atom. The maximum absolute atomic E-state index is 12.0. The van der Waals surface area contributed by atoms with Crippen LogP contribution in [0.5, 0.6) is 5.75 Å². The number of rotatable bonds is 10. The van der Waals surface area contributed by atoms with Crippen molar-refractivity contribution in [3.63, 3.8) is 0 Å². The van der Waals surface area contributed by atoms with Crippen molar-refractivity contribution in [2.45, 2.75) is 40.0 Å². The number of nitrogens with one attached hydrogen (secondary N) is 1. The summed E-state index contributed by atoms with van der Waals surface area (Å²) in [6, 6.07) is 13.3. The van der Waals surface area contributed by atoms with E-state index in [4.69, 9.17) is 14.6 Å². The molecule has 32 heavy (non-hydrogen) atoms. The Hall–Kier alpha value is -3.67. The molecule has 2 N–H and O–H groups in total. The molecule has 0 unspecified atom stereocenters. The first-order valence-electron chi connectivity index (χ1n) is 10.5. The van der Waals surface area contributed by atoms with E-state index >= 15 is 0 Å². The molecule has 0 spiro atoms. The number of aldehydes is 1. The van der Waals surface area contributed by atoms with Crippen molar-refractivity contribution in [1.82, 2.24) is 0 Å². The number of hydrogen-bond acceptors (Lipinski definition) is 4. The highest BCUT2D eigenvalue weighted by atomic mass is 16.5. The first-order chi connectivity index (χ1) is 15.5. The van der Waals surface area contributed by atoms with E-state index in [2.05, 4.69) is 11.9 Å². The first-order valence-corrected chi connectivity index (χ1v) is 10.5. The van der Waals surface area contributed by atoms with Gasteiger partial charge in [-0.3, -0.25) is 14.4 Å². The zero-order valence-electron chi connectivity index (χ0n) is 19.0. The van der Waals surface area contributed by atoms with Crippen molar-refractivity contribution in [3.8, 4) is 5.75 Å². The van der Waals surface area contributed by atoms with Crippen LogP contribution < -0.4 is 10.1 Å². The third-order valence-electron chi connectivity index (χ3n) is 4.09. The van der Waals surface area contributed by atoms with Crippen molar-refractivity contribution in [1.29, 1.82) is 0 Å². The number of carbonyl (C=O) groups excluding carboxylic acids is 2. The molecule has 172 valence electrons. The second-order valence-electron chi connectivity index (χ2n) is 6.24. The molecular weight excluding hydrogens is 406 g/mol. The second-order valence-corrected chi connectivity index (χ2v) is 6.24. The monoisotopic (exact) mass is 439 g/mol. The number of para-hydroxylation sites is 1. The number of amides is 1. The quantitative estimate of drug-likeness (QED) is 0.362. The summed E-state index contributed by atoms with van der Waals surface area (Å²) < 4.78 is 5.33. The van der Waals surface area contributed by atoms with Crippen LogP contribution >= 0.6 is 0 Å². The van der Waals surface area contributed by atoms with Gasteiger partial charge in [-0.2, -0.15) is 0 Å². The molecule has 6 heteroatoms. The highest BCUT2D eigenvalue weighted by Gasteiger charge is 2.04. The summed E-state index contributed by atoms with van der Waals surface area (Å²) in [5.74, 6) is 0.665. The molecule has 0 aliphatic rings. The SMILES string of the molecule is C=Cc1ccc(OCC=O)cc1/C=C\CCCC(=O)Nc1ccccc1C.CC.O=CO. The molecule has 6 nitrogen and oxygen atoms in total. The predicted molar refractivity (Wildman–Crippen MR) is 131 cm³/mol. The summed E-state index contributed by atoms with van der Waals surface area (Å²) in [6.07, 6.45) is 8.54. The molecule has 0 fully saturated rings. The van der Waals surface area contributed by atoms with Crippen LogP contribution in [0.2, 0.25) is 0 Å². The molecule has 2 aromatic rings. The summed E-state index contributed by atoms with van der Waals surface area (Å²) in [5.41, 5.74) is 3.87. The largest absolute Gasteiger partial charge is 0.486 e. The number of benzene rings is 2. The molecule has 2 aromatic carbocycles. The van der Waals surface area contributed by atoms with Crippen molar-refractivity contribution < 1.29 is 24.2 Å². The normalized spacial score (nSPS) is 9.47. The summed E-state index contributed by atoms with van der Waals surface area (Å²) in [6.45, 7) is 9.57. The van der Waals surface area contributed by atoms with Crippen LogP contribution in [0.25, 0.3) is 12.2 Å². The molecule has 0 aromatic heterocycles. The molecule has 0 saturated carbocycles. The second kappa shape index (κ2) is 18.1. The lowest BCUT2D eigenvalue weighted by atomic mass is 10.1. The van der Waals surface area contributed by atoms with Crippen LogP contribution in [0, 0.1) is 6.92 Å². The van der Waals surface area contributed by atoms with Gasteiger partial charge in [0, 0.05) is 12.1 Å². The van der Waals surface area contributed by atoms with E-state index in [1.807, 2.05) is 75.4 Å². The van der Waals surface area contributed by atoms with Gasteiger partial charge in [-0.1, -0.05) is 62.9 Å². The lowest BCUT2D eigenvalue weighted by Gasteiger charge is -2.07. The van der Waals surface area contributed by atoms with Crippen molar-refractivity contribution in [2.75, 3.05) is 11.9 Å². The Morgan fingerprint density at radius 1 is 1.12 bits per heavy atom. The topological polar surface area (TPSA) is 92.7 Å².